The summed E-state index contributed by atoms with van der Waals surface area (Å²) in [6.45, 7) is 1.43. The molecule has 5 nitrogen and oxygen atoms in total. The monoisotopic (exact) mass is 410 g/mol. The molecule has 2 amide bonds. The highest BCUT2D eigenvalue weighted by Gasteiger charge is 2.16. The first kappa shape index (κ1) is 20.2. The van der Waals surface area contributed by atoms with Crippen molar-refractivity contribution in [3.8, 4) is 0 Å². The molecule has 0 atom stereocenters. The van der Waals surface area contributed by atoms with Gasteiger partial charge in [0, 0.05) is 21.8 Å². The Balaban J connectivity index is 1.85. The Labute approximate surface area is 171 Å². The van der Waals surface area contributed by atoms with Gasteiger partial charge in [0.25, 0.3) is 11.8 Å². The van der Waals surface area contributed by atoms with Crippen LogP contribution in [0.15, 0.2) is 66.7 Å². The lowest BCUT2D eigenvalue weighted by atomic mass is 10.1. The molecule has 0 bridgehead atoms. The van der Waals surface area contributed by atoms with Gasteiger partial charge in [-0.3, -0.25) is 14.4 Å². The zero-order valence-electron chi connectivity index (χ0n) is 15.3. The Hall–Kier alpha value is -3.51. The molecule has 0 spiro atoms. The number of carbonyl (C=O) groups excluding carboxylic acids is 3. The Morgan fingerprint density at radius 2 is 1.55 bits per heavy atom. The summed E-state index contributed by atoms with van der Waals surface area (Å²) < 4.78 is 13.1. The third kappa shape index (κ3) is 5.06. The summed E-state index contributed by atoms with van der Waals surface area (Å²) in [4.78, 5) is 36.7. The summed E-state index contributed by atoms with van der Waals surface area (Å²) in [5, 5.41) is 5.65. The summed E-state index contributed by atoms with van der Waals surface area (Å²) in [6.07, 6.45) is 0. The van der Waals surface area contributed by atoms with Crippen LogP contribution in [0.2, 0.25) is 5.02 Å². The standard InChI is InChI=1S/C22H16ClFN2O3/c1-13(27)15-3-2-4-18(11-15)25-22(29)19-10-7-16(23)12-20(19)26-21(28)14-5-8-17(24)9-6-14/h2-12H,1H3,(H,25,29)(H,26,28). The average molecular weight is 411 g/mol. The molecule has 3 aromatic carbocycles. The number of anilines is 2. The van der Waals surface area contributed by atoms with Crippen molar-refractivity contribution in [2.75, 3.05) is 10.6 Å². The largest absolute Gasteiger partial charge is 0.322 e. The second kappa shape index (κ2) is 8.67. The van der Waals surface area contributed by atoms with Crippen LogP contribution in [-0.2, 0) is 0 Å². The summed E-state index contributed by atoms with van der Waals surface area (Å²) in [5.74, 6) is -1.59. The van der Waals surface area contributed by atoms with Gasteiger partial charge in [-0.1, -0.05) is 23.7 Å². The van der Waals surface area contributed by atoms with E-state index in [4.69, 9.17) is 11.6 Å². The maximum Gasteiger partial charge on any atom is 0.257 e. The summed E-state index contributed by atoms with van der Waals surface area (Å²) in [7, 11) is 0. The molecule has 0 fully saturated rings. The quantitative estimate of drug-likeness (QED) is 0.568. The molecule has 0 saturated carbocycles. The molecule has 2 N–H and O–H groups in total. The summed E-state index contributed by atoms with van der Waals surface area (Å²) in [5.41, 5.74) is 1.51. The maximum atomic E-state index is 13.1. The van der Waals surface area contributed by atoms with E-state index in [1.807, 2.05) is 0 Å². The number of hydrogen-bond acceptors (Lipinski definition) is 3. The molecule has 29 heavy (non-hydrogen) atoms. The first-order valence-electron chi connectivity index (χ1n) is 8.62. The van der Waals surface area contributed by atoms with Crippen LogP contribution in [-0.4, -0.2) is 17.6 Å². The number of carbonyl (C=O) groups is 3. The van der Waals surface area contributed by atoms with Crippen LogP contribution in [0.1, 0.15) is 38.0 Å². The van der Waals surface area contributed by atoms with Crippen molar-refractivity contribution >= 4 is 40.6 Å². The predicted octanol–water partition coefficient (Wildman–Crippen LogP) is 5.19. The van der Waals surface area contributed by atoms with Gasteiger partial charge in [-0.25, -0.2) is 4.39 Å². The maximum absolute atomic E-state index is 13.1. The Morgan fingerprint density at radius 1 is 0.828 bits per heavy atom. The molecule has 0 saturated heterocycles. The molecule has 7 heteroatoms. The average Bonchev–Trinajstić information content (AvgIpc) is 2.68. The molecule has 0 unspecified atom stereocenters. The second-order valence-corrected chi connectivity index (χ2v) is 6.68. The van der Waals surface area contributed by atoms with Crippen LogP contribution in [0.25, 0.3) is 0 Å². The Kier molecular flexibility index (Phi) is 6.04. The minimum atomic E-state index is -0.514. The van der Waals surface area contributed by atoms with Gasteiger partial charge in [-0.15, -0.1) is 0 Å². The van der Waals surface area contributed by atoms with Gasteiger partial charge >= 0.3 is 0 Å². The van der Waals surface area contributed by atoms with E-state index >= 15 is 0 Å². The summed E-state index contributed by atoms with van der Waals surface area (Å²) >= 11 is 6.02. The number of amides is 2. The number of benzene rings is 3. The van der Waals surface area contributed by atoms with E-state index in [1.165, 1.54) is 49.4 Å². The van der Waals surface area contributed by atoms with Gasteiger partial charge in [-0.05, 0) is 61.5 Å². The molecular formula is C22H16ClFN2O3. The number of halogens is 2. The molecule has 0 aliphatic carbocycles. The van der Waals surface area contributed by atoms with Gasteiger partial charge in [0.05, 0.1) is 11.3 Å². The van der Waals surface area contributed by atoms with Gasteiger partial charge in [0.15, 0.2) is 5.78 Å². The van der Waals surface area contributed by atoms with Crippen LogP contribution in [0.4, 0.5) is 15.8 Å². The number of nitrogens with one attached hydrogen (secondary N) is 2. The van der Waals surface area contributed by atoms with Crippen molar-refractivity contribution in [3.63, 3.8) is 0 Å². The van der Waals surface area contributed by atoms with Gasteiger partial charge < -0.3 is 10.6 Å². The number of rotatable bonds is 5. The van der Waals surface area contributed by atoms with E-state index in [0.29, 0.717) is 16.3 Å². The highest BCUT2D eigenvalue weighted by atomic mass is 35.5. The van der Waals surface area contributed by atoms with E-state index in [0.717, 1.165) is 0 Å². The van der Waals surface area contributed by atoms with E-state index in [-0.39, 0.29) is 22.6 Å². The SMILES string of the molecule is CC(=O)c1cccc(NC(=O)c2ccc(Cl)cc2NC(=O)c2ccc(F)cc2)c1. The molecule has 0 aromatic heterocycles. The smallest absolute Gasteiger partial charge is 0.257 e. The highest BCUT2D eigenvalue weighted by Crippen LogP contribution is 2.23. The van der Waals surface area contributed by atoms with Gasteiger partial charge in [-0.2, -0.15) is 0 Å². The van der Waals surface area contributed by atoms with Gasteiger partial charge in [0.2, 0.25) is 0 Å². The van der Waals surface area contributed by atoms with Crippen LogP contribution < -0.4 is 10.6 Å². The van der Waals surface area contributed by atoms with E-state index < -0.39 is 17.6 Å². The lowest BCUT2D eigenvalue weighted by Crippen LogP contribution is -2.18. The number of hydrogen-bond donors (Lipinski definition) is 2. The number of ketones is 1. The zero-order chi connectivity index (χ0) is 21.0. The normalized spacial score (nSPS) is 10.3. The van der Waals surface area contributed by atoms with Crippen molar-refractivity contribution in [2.45, 2.75) is 6.92 Å². The first-order valence-corrected chi connectivity index (χ1v) is 9.00. The van der Waals surface area contributed by atoms with E-state index in [9.17, 15) is 18.8 Å². The molecule has 146 valence electrons. The van der Waals surface area contributed by atoms with Crippen LogP contribution in [0.5, 0.6) is 0 Å². The third-order valence-corrected chi connectivity index (χ3v) is 4.34. The van der Waals surface area contributed by atoms with Crippen LogP contribution in [0.3, 0.4) is 0 Å². The fraction of sp³-hybridized carbons (Fsp3) is 0.0455. The molecule has 3 aromatic rings. The van der Waals surface area contributed by atoms with E-state index in [1.54, 1.807) is 24.3 Å². The lowest BCUT2D eigenvalue weighted by Gasteiger charge is -2.12. The molecule has 0 radical (unpaired) electrons. The van der Waals surface area contributed by atoms with Crippen molar-refractivity contribution in [1.29, 1.82) is 0 Å². The van der Waals surface area contributed by atoms with Gasteiger partial charge in [0.1, 0.15) is 5.82 Å². The second-order valence-electron chi connectivity index (χ2n) is 6.24. The van der Waals surface area contributed by atoms with Crippen molar-refractivity contribution < 1.29 is 18.8 Å². The molecule has 0 aliphatic heterocycles. The van der Waals surface area contributed by atoms with Crippen LogP contribution >= 0.6 is 11.6 Å². The first-order chi connectivity index (χ1) is 13.8. The highest BCUT2D eigenvalue weighted by molar-refractivity contribution is 6.31. The van der Waals surface area contributed by atoms with E-state index in [2.05, 4.69) is 10.6 Å². The molecule has 0 aliphatic rings. The summed E-state index contributed by atoms with van der Waals surface area (Å²) in [6, 6.07) is 16.0. The topological polar surface area (TPSA) is 75.3 Å². The zero-order valence-corrected chi connectivity index (χ0v) is 16.1. The Morgan fingerprint density at radius 3 is 2.24 bits per heavy atom. The predicted molar refractivity (Wildman–Crippen MR) is 110 cm³/mol. The molecule has 3 rings (SSSR count). The van der Waals surface area contributed by atoms with Crippen molar-refractivity contribution in [1.82, 2.24) is 0 Å². The fourth-order valence-corrected chi connectivity index (χ4v) is 2.80. The number of Topliss-reactive ketones (excluding diaryl/α,β-unsaturated/α-hetero) is 1. The minimum absolute atomic E-state index is 0.125. The third-order valence-electron chi connectivity index (χ3n) is 4.11. The fourth-order valence-electron chi connectivity index (χ4n) is 2.63. The minimum Gasteiger partial charge on any atom is -0.322 e. The van der Waals surface area contributed by atoms with Crippen LogP contribution in [0, 0.1) is 5.82 Å². The van der Waals surface area contributed by atoms with Crippen molar-refractivity contribution in [2.24, 2.45) is 0 Å². The lowest BCUT2D eigenvalue weighted by molar-refractivity contribution is 0.100. The Bertz CT molecular complexity index is 1100. The van der Waals surface area contributed by atoms with Crippen molar-refractivity contribution in [3.05, 3.63) is 94.3 Å². The molecule has 0 heterocycles. The molecular weight excluding hydrogens is 395 g/mol.